The molecule has 6 heteroatoms. The van der Waals surface area contributed by atoms with Crippen LogP contribution in [0.3, 0.4) is 0 Å². The van der Waals surface area contributed by atoms with Gasteiger partial charge in [-0.1, -0.05) is 41.4 Å². The number of phenols is 1. The minimum absolute atomic E-state index is 0.109. The summed E-state index contributed by atoms with van der Waals surface area (Å²) in [5, 5.41) is 11.8. The van der Waals surface area contributed by atoms with E-state index in [1.54, 1.807) is 24.3 Å². The van der Waals surface area contributed by atoms with Crippen molar-refractivity contribution in [3.63, 3.8) is 0 Å². The number of nitrogens with zero attached hydrogens (tertiary/aromatic N) is 2. The topological polar surface area (TPSA) is 59.2 Å². The first kappa shape index (κ1) is 14.3. The number of phenolic OH excluding ortho intramolecular Hbond substituents is 1. The van der Waals surface area contributed by atoms with Gasteiger partial charge in [0.25, 0.3) is 0 Å². The molecule has 4 aromatic rings. The lowest BCUT2D eigenvalue weighted by molar-refractivity contribution is 0.480. The standard InChI is InChI=1S/C17H10Cl2N2O2/c1-8-10(18)7-12-16(14(8)19)23-17(21-12)11-6-5-9-3-2-4-13(22)15(9)20-11/h2-7,22H,1H3. The van der Waals surface area contributed by atoms with Crippen LogP contribution < -0.4 is 0 Å². The van der Waals surface area contributed by atoms with E-state index < -0.39 is 0 Å². The molecule has 0 bridgehead atoms. The van der Waals surface area contributed by atoms with Crippen LogP contribution in [0, 0.1) is 6.92 Å². The molecule has 23 heavy (non-hydrogen) atoms. The number of rotatable bonds is 1. The Morgan fingerprint density at radius 3 is 2.74 bits per heavy atom. The Balaban J connectivity index is 1.95. The molecule has 0 aliphatic carbocycles. The van der Waals surface area contributed by atoms with Crippen molar-refractivity contribution in [1.82, 2.24) is 9.97 Å². The van der Waals surface area contributed by atoms with Gasteiger partial charge in [-0.3, -0.25) is 0 Å². The van der Waals surface area contributed by atoms with Gasteiger partial charge in [0, 0.05) is 10.4 Å². The third-order valence-corrected chi connectivity index (χ3v) is 4.57. The highest BCUT2D eigenvalue weighted by Crippen LogP contribution is 2.35. The molecular weight excluding hydrogens is 335 g/mol. The number of oxazole rings is 1. The molecule has 0 atom stereocenters. The van der Waals surface area contributed by atoms with Crippen LogP contribution in [0.4, 0.5) is 0 Å². The Kier molecular flexibility index (Phi) is 3.18. The van der Waals surface area contributed by atoms with Crippen LogP contribution in [-0.4, -0.2) is 15.1 Å². The van der Waals surface area contributed by atoms with Gasteiger partial charge in [0.15, 0.2) is 5.58 Å². The van der Waals surface area contributed by atoms with E-state index in [0.29, 0.717) is 38.2 Å². The van der Waals surface area contributed by atoms with E-state index in [0.717, 1.165) is 10.9 Å². The number of halogens is 2. The fraction of sp³-hybridized carbons (Fsp3) is 0.0588. The lowest BCUT2D eigenvalue weighted by Crippen LogP contribution is -1.85. The Bertz CT molecular complexity index is 1070. The van der Waals surface area contributed by atoms with Gasteiger partial charge in [-0.15, -0.1) is 0 Å². The second-order valence-corrected chi connectivity index (χ2v) is 6.00. The number of hydrogen-bond donors (Lipinski definition) is 1. The predicted octanol–water partition coefficient (Wildman–Crippen LogP) is 5.36. The van der Waals surface area contributed by atoms with E-state index in [-0.39, 0.29) is 5.75 Å². The lowest BCUT2D eigenvalue weighted by Gasteiger charge is -2.01. The quantitative estimate of drug-likeness (QED) is 0.504. The maximum atomic E-state index is 9.95. The molecule has 2 aromatic heterocycles. The Morgan fingerprint density at radius 2 is 1.91 bits per heavy atom. The zero-order chi connectivity index (χ0) is 16.1. The fourth-order valence-electron chi connectivity index (χ4n) is 2.45. The molecule has 2 heterocycles. The molecule has 0 spiro atoms. The van der Waals surface area contributed by atoms with Crippen LogP contribution in [-0.2, 0) is 0 Å². The van der Waals surface area contributed by atoms with Gasteiger partial charge >= 0.3 is 0 Å². The Labute approximate surface area is 141 Å². The predicted molar refractivity (Wildman–Crippen MR) is 91.2 cm³/mol. The monoisotopic (exact) mass is 344 g/mol. The average Bonchev–Trinajstić information content (AvgIpc) is 2.97. The third-order valence-electron chi connectivity index (χ3n) is 3.72. The normalized spacial score (nSPS) is 11.4. The van der Waals surface area contributed by atoms with Crippen LogP contribution in [0.1, 0.15) is 5.56 Å². The summed E-state index contributed by atoms with van der Waals surface area (Å²) in [4.78, 5) is 8.83. The summed E-state index contributed by atoms with van der Waals surface area (Å²) in [7, 11) is 0. The maximum Gasteiger partial charge on any atom is 0.246 e. The molecule has 0 aliphatic heterocycles. The molecule has 1 N–H and O–H groups in total. The van der Waals surface area contributed by atoms with Crippen molar-refractivity contribution in [2.75, 3.05) is 0 Å². The number of fused-ring (bicyclic) bond motifs is 2. The van der Waals surface area contributed by atoms with Crippen molar-refractivity contribution in [2.24, 2.45) is 0 Å². The number of aromatic hydroxyl groups is 1. The van der Waals surface area contributed by atoms with Crippen molar-refractivity contribution in [3.05, 3.63) is 52.0 Å². The lowest BCUT2D eigenvalue weighted by atomic mass is 10.2. The molecular formula is C17H10Cl2N2O2. The largest absolute Gasteiger partial charge is 0.506 e. The molecule has 4 nitrogen and oxygen atoms in total. The van der Waals surface area contributed by atoms with Gasteiger partial charge in [-0.05, 0) is 30.7 Å². The van der Waals surface area contributed by atoms with Gasteiger partial charge in [-0.25, -0.2) is 9.97 Å². The fourth-order valence-corrected chi connectivity index (χ4v) is 2.93. The summed E-state index contributed by atoms with van der Waals surface area (Å²) in [6.07, 6.45) is 0. The maximum absolute atomic E-state index is 9.95. The van der Waals surface area contributed by atoms with E-state index in [4.69, 9.17) is 27.6 Å². The summed E-state index contributed by atoms with van der Waals surface area (Å²) in [5.41, 5.74) is 2.79. The van der Waals surface area contributed by atoms with E-state index in [9.17, 15) is 5.11 Å². The molecule has 0 amide bonds. The molecule has 4 rings (SSSR count). The summed E-state index contributed by atoms with van der Waals surface area (Å²) in [6, 6.07) is 10.6. The molecule has 2 aromatic carbocycles. The van der Waals surface area contributed by atoms with Crippen LogP contribution in [0.5, 0.6) is 5.75 Å². The van der Waals surface area contributed by atoms with E-state index in [1.165, 1.54) is 0 Å². The first-order valence-corrected chi connectivity index (χ1v) is 7.64. The highest BCUT2D eigenvalue weighted by Gasteiger charge is 2.16. The second kappa shape index (κ2) is 5.11. The molecule has 0 saturated carbocycles. The van der Waals surface area contributed by atoms with E-state index in [2.05, 4.69) is 9.97 Å². The van der Waals surface area contributed by atoms with Crippen LogP contribution in [0.2, 0.25) is 10.0 Å². The Hall–Kier alpha value is -2.30. The first-order chi connectivity index (χ1) is 11.0. The van der Waals surface area contributed by atoms with Crippen LogP contribution in [0.25, 0.3) is 33.6 Å². The van der Waals surface area contributed by atoms with Gasteiger partial charge in [-0.2, -0.15) is 0 Å². The van der Waals surface area contributed by atoms with Gasteiger partial charge in [0.2, 0.25) is 5.89 Å². The zero-order valence-corrected chi connectivity index (χ0v) is 13.5. The van der Waals surface area contributed by atoms with Gasteiger partial charge < -0.3 is 9.52 Å². The van der Waals surface area contributed by atoms with Crippen molar-refractivity contribution in [2.45, 2.75) is 6.92 Å². The molecule has 0 radical (unpaired) electrons. The summed E-state index contributed by atoms with van der Waals surface area (Å²) in [6.45, 7) is 1.82. The molecule has 114 valence electrons. The summed E-state index contributed by atoms with van der Waals surface area (Å²) < 4.78 is 5.76. The van der Waals surface area contributed by atoms with Crippen LogP contribution in [0.15, 0.2) is 40.8 Å². The minimum atomic E-state index is 0.109. The molecule has 0 saturated heterocycles. The van der Waals surface area contributed by atoms with E-state index >= 15 is 0 Å². The van der Waals surface area contributed by atoms with E-state index in [1.807, 2.05) is 19.1 Å². The summed E-state index contributed by atoms with van der Waals surface area (Å²) in [5.74, 6) is 0.436. The van der Waals surface area contributed by atoms with Crippen molar-refractivity contribution in [1.29, 1.82) is 0 Å². The van der Waals surface area contributed by atoms with Gasteiger partial charge in [0.05, 0.1) is 5.02 Å². The minimum Gasteiger partial charge on any atom is -0.506 e. The SMILES string of the molecule is Cc1c(Cl)cc2nc(-c3ccc4cccc(O)c4n3)oc2c1Cl. The number of hydrogen-bond acceptors (Lipinski definition) is 4. The Morgan fingerprint density at radius 1 is 1.09 bits per heavy atom. The van der Waals surface area contributed by atoms with Crippen molar-refractivity contribution >= 4 is 45.2 Å². The third kappa shape index (κ3) is 2.22. The molecule has 0 aliphatic rings. The second-order valence-electron chi connectivity index (χ2n) is 5.21. The van der Waals surface area contributed by atoms with Crippen LogP contribution >= 0.6 is 23.2 Å². The van der Waals surface area contributed by atoms with Crippen molar-refractivity contribution < 1.29 is 9.52 Å². The smallest absolute Gasteiger partial charge is 0.246 e. The van der Waals surface area contributed by atoms with Crippen molar-refractivity contribution in [3.8, 4) is 17.3 Å². The molecule has 0 fully saturated rings. The first-order valence-electron chi connectivity index (χ1n) is 6.89. The number of benzene rings is 2. The number of aromatic nitrogens is 2. The zero-order valence-electron chi connectivity index (χ0n) is 12.0. The number of para-hydroxylation sites is 1. The van der Waals surface area contributed by atoms with Gasteiger partial charge in [0.1, 0.15) is 22.5 Å². The highest BCUT2D eigenvalue weighted by molar-refractivity contribution is 6.39. The summed E-state index contributed by atoms with van der Waals surface area (Å²) >= 11 is 12.4. The molecule has 0 unspecified atom stereocenters. The highest BCUT2D eigenvalue weighted by atomic mass is 35.5. The average molecular weight is 345 g/mol. The number of pyridine rings is 1.